The summed E-state index contributed by atoms with van der Waals surface area (Å²) in [5, 5.41) is 9.29. The third-order valence-electron chi connectivity index (χ3n) is 1.95. The van der Waals surface area contributed by atoms with E-state index < -0.39 is 9.84 Å². The highest BCUT2D eigenvalue weighted by Crippen LogP contribution is 2.33. The van der Waals surface area contributed by atoms with Crippen molar-refractivity contribution in [3.63, 3.8) is 0 Å². The van der Waals surface area contributed by atoms with Gasteiger partial charge in [0, 0.05) is 6.26 Å². The van der Waals surface area contributed by atoms with Crippen LogP contribution in [0.4, 0.5) is 0 Å². The van der Waals surface area contributed by atoms with E-state index in [1.807, 2.05) is 0 Å². The molecule has 3 nitrogen and oxygen atoms in total. The number of hydrogen-bond donors (Lipinski definition) is 1. The van der Waals surface area contributed by atoms with Crippen LogP contribution in [0.15, 0.2) is 0 Å². The Morgan fingerprint density at radius 3 is 2.45 bits per heavy atom. The Morgan fingerprint density at radius 2 is 2.09 bits per heavy atom. The molecular formula is C7H14O3S. The maximum Gasteiger partial charge on any atom is 0.147 e. The maximum atomic E-state index is 10.7. The quantitative estimate of drug-likeness (QED) is 0.668. The fraction of sp³-hybridized carbons (Fsp3) is 1.00. The average molecular weight is 178 g/mol. The van der Waals surface area contributed by atoms with E-state index in [2.05, 4.69) is 0 Å². The van der Waals surface area contributed by atoms with Gasteiger partial charge in [-0.2, -0.15) is 0 Å². The lowest BCUT2D eigenvalue weighted by molar-refractivity contribution is 0.148. The van der Waals surface area contributed by atoms with Gasteiger partial charge in [0.2, 0.25) is 0 Å². The van der Waals surface area contributed by atoms with Gasteiger partial charge in [0.25, 0.3) is 0 Å². The second kappa shape index (κ2) is 3.11. The van der Waals surface area contributed by atoms with Gasteiger partial charge in [-0.05, 0) is 25.2 Å². The molecule has 4 heteroatoms. The van der Waals surface area contributed by atoms with E-state index in [-0.39, 0.29) is 11.9 Å². The van der Waals surface area contributed by atoms with Gasteiger partial charge >= 0.3 is 0 Å². The summed E-state index contributed by atoms with van der Waals surface area (Å²) in [7, 11) is -2.88. The third-order valence-corrected chi connectivity index (χ3v) is 2.93. The Kier molecular flexibility index (Phi) is 2.54. The summed E-state index contributed by atoms with van der Waals surface area (Å²) in [6, 6.07) is 0. The molecule has 1 fully saturated rings. The lowest BCUT2D eigenvalue weighted by atomic mass is 10.2. The van der Waals surface area contributed by atoms with E-state index in [1.165, 1.54) is 6.26 Å². The molecule has 1 rings (SSSR count). The van der Waals surface area contributed by atoms with Crippen molar-refractivity contribution >= 4 is 9.84 Å². The Labute approximate surface area is 67.3 Å². The Morgan fingerprint density at radius 1 is 1.55 bits per heavy atom. The van der Waals surface area contributed by atoms with Crippen molar-refractivity contribution in [1.82, 2.24) is 0 Å². The highest BCUT2D eigenvalue weighted by molar-refractivity contribution is 7.90. The standard InChI is InChI=1S/C7H14O3S/c1-11(9,10)5-4-7(8)6-2-3-6/h6-8H,2-5H2,1H3. The number of aliphatic hydroxyl groups excluding tert-OH is 1. The Bertz CT molecular complexity index is 216. The zero-order valence-corrected chi connectivity index (χ0v) is 7.47. The van der Waals surface area contributed by atoms with E-state index in [0.717, 1.165) is 12.8 Å². The van der Waals surface area contributed by atoms with Crippen molar-refractivity contribution in [2.24, 2.45) is 5.92 Å². The van der Waals surface area contributed by atoms with Crippen LogP contribution in [0.1, 0.15) is 19.3 Å². The molecule has 0 aromatic heterocycles. The third kappa shape index (κ3) is 3.72. The molecule has 0 radical (unpaired) electrons. The van der Waals surface area contributed by atoms with Crippen molar-refractivity contribution in [1.29, 1.82) is 0 Å². The highest BCUT2D eigenvalue weighted by Gasteiger charge is 2.29. The normalized spacial score (nSPS) is 21.6. The molecule has 0 aromatic rings. The number of rotatable bonds is 4. The van der Waals surface area contributed by atoms with Gasteiger partial charge in [-0.25, -0.2) is 8.42 Å². The molecule has 0 aromatic carbocycles. The van der Waals surface area contributed by atoms with Gasteiger partial charge in [0.15, 0.2) is 0 Å². The van der Waals surface area contributed by atoms with Crippen LogP contribution in [0.5, 0.6) is 0 Å². The molecular weight excluding hydrogens is 164 g/mol. The molecule has 0 spiro atoms. The fourth-order valence-electron chi connectivity index (χ4n) is 1.05. The van der Waals surface area contributed by atoms with E-state index in [4.69, 9.17) is 0 Å². The van der Waals surface area contributed by atoms with Gasteiger partial charge in [-0.15, -0.1) is 0 Å². The van der Waals surface area contributed by atoms with Crippen LogP contribution in [-0.4, -0.2) is 31.6 Å². The first kappa shape index (κ1) is 9.00. The highest BCUT2D eigenvalue weighted by atomic mass is 32.2. The molecule has 1 aliphatic carbocycles. The van der Waals surface area contributed by atoms with Crippen molar-refractivity contribution < 1.29 is 13.5 Å². The first-order valence-corrected chi connectivity index (χ1v) is 5.91. The summed E-state index contributed by atoms with van der Waals surface area (Å²) < 4.78 is 21.3. The molecule has 1 N–H and O–H groups in total. The van der Waals surface area contributed by atoms with Gasteiger partial charge in [0.05, 0.1) is 11.9 Å². The molecule has 1 unspecified atom stereocenters. The van der Waals surface area contributed by atoms with Crippen LogP contribution in [0, 0.1) is 5.92 Å². The summed E-state index contributed by atoms with van der Waals surface area (Å²) in [5.41, 5.74) is 0. The molecule has 0 amide bonds. The topological polar surface area (TPSA) is 54.4 Å². The minimum atomic E-state index is -2.88. The Hall–Kier alpha value is -0.0900. The number of sulfone groups is 1. The average Bonchev–Trinajstić information content (AvgIpc) is 2.61. The van der Waals surface area contributed by atoms with E-state index in [9.17, 15) is 13.5 Å². The minimum absolute atomic E-state index is 0.116. The van der Waals surface area contributed by atoms with Crippen LogP contribution in [0.25, 0.3) is 0 Å². The minimum Gasteiger partial charge on any atom is -0.393 e. The van der Waals surface area contributed by atoms with Gasteiger partial charge < -0.3 is 5.11 Å². The molecule has 0 heterocycles. The smallest absolute Gasteiger partial charge is 0.147 e. The van der Waals surface area contributed by atoms with Gasteiger partial charge in [0.1, 0.15) is 9.84 Å². The van der Waals surface area contributed by atoms with Crippen LogP contribution in [-0.2, 0) is 9.84 Å². The lowest BCUT2D eigenvalue weighted by Gasteiger charge is -2.06. The lowest BCUT2D eigenvalue weighted by Crippen LogP contribution is -2.15. The number of hydrogen-bond acceptors (Lipinski definition) is 3. The summed E-state index contributed by atoms with van der Waals surface area (Å²) in [4.78, 5) is 0. The van der Waals surface area contributed by atoms with Crippen molar-refractivity contribution in [2.75, 3.05) is 12.0 Å². The molecule has 0 bridgehead atoms. The molecule has 1 aliphatic rings. The molecule has 1 atom stereocenters. The number of aliphatic hydroxyl groups is 1. The summed E-state index contributed by atoms with van der Waals surface area (Å²) in [6.07, 6.45) is 3.34. The predicted octanol–water partition coefficient (Wildman–Crippen LogP) is 0.192. The zero-order chi connectivity index (χ0) is 8.48. The summed E-state index contributed by atoms with van der Waals surface area (Å²) in [6.45, 7) is 0. The fourth-order valence-corrected chi connectivity index (χ4v) is 1.72. The Balaban J connectivity index is 2.21. The predicted molar refractivity (Wildman–Crippen MR) is 43.1 cm³/mol. The van der Waals surface area contributed by atoms with Crippen LogP contribution < -0.4 is 0 Å². The zero-order valence-electron chi connectivity index (χ0n) is 6.66. The van der Waals surface area contributed by atoms with E-state index in [0.29, 0.717) is 12.3 Å². The van der Waals surface area contributed by atoms with E-state index >= 15 is 0 Å². The molecule has 66 valence electrons. The van der Waals surface area contributed by atoms with Crippen LogP contribution >= 0.6 is 0 Å². The molecule has 1 saturated carbocycles. The van der Waals surface area contributed by atoms with Crippen molar-refractivity contribution in [3.05, 3.63) is 0 Å². The monoisotopic (exact) mass is 178 g/mol. The summed E-state index contributed by atoms with van der Waals surface area (Å²) in [5.74, 6) is 0.502. The molecule has 0 saturated heterocycles. The summed E-state index contributed by atoms with van der Waals surface area (Å²) >= 11 is 0. The van der Waals surface area contributed by atoms with E-state index in [1.54, 1.807) is 0 Å². The molecule has 0 aliphatic heterocycles. The van der Waals surface area contributed by atoms with Crippen molar-refractivity contribution in [2.45, 2.75) is 25.4 Å². The first-order chi connectivity index (χ1) is 4.99. The van der Waals surface area contributed by atoms with Gasteiger partial charge in [-0.1, -0.05) is 0 Å². The SMILES string of the molecule is CS(=O)(=O)CCC(O)C1CC1. The van der Waals surface area contributed by atoms with Crippen molar-refractivity contribution in [3.8, 4) is 0 Å². The second-order valence-electron chi connectivity index (χ2n) is 3.32. The van der Waals surface area contributed by atoms with Crippen LogP contribution in [0.3, 0.4) is 0 Å². The second-order valence-corrected chi connectivity index (χ2v) is 5.58. The first-order valence-electron chi connectivity index (χ1n) is 3.85. The van der Waals surface area contributed by atoms with Gasteiger partial charge in [-0.3, -0.25) is 0 Å². The largest absolute Gasteiger partial charge is 0.393 e. The maximum absolute atomic E-state index is 10.7. The van der Waals surface area contributed by atoms with Crippen LogP contribution in [0.2, 0.25) is 0 Å². The molecule has 11 heavy (non-hydrogen) atoms.